The second-order valence-corrected chi connectivity index (χ2v) is 10.9. The van der Waals surface area contributed by atoms with Gasteiger partial charge in [-0.15, -0.1) is 11.3 Å². The summed E-state index contributed by atoms with van der Waals surface area (Å²) < 4.78 is 26.6. The van der Waals surface area contributed by atoms with Gasteiger partial charge in [-0.25, -0.2) is 17.7 Å². The quantitative estimate of drug-likeness (QED) is 0.440. The highest BCUT2D eigenvalue weighted by atomic mass is 32.2. The number of benzene rings is 2. The molecule has 0 saturated heterocycles. The van der Waals surface area contributed by atoms with Crippen molar-refractivity contribution in [1.29, 1.82) is 0 Å². The Labute approximate surface area is 194 Å². The molecule has 3 rings (SSSR count). The predicted octanol–water partition coefficient (Wildman–Crippen LogP) is 5.61. The van der Waals surface area contributed by atoms with E-state index in [1.54, 1.807) is 7.05 Å². The Bertz CT molecular complexity index is 1150. The standard InChI is InChI=1S/C24H29N3O3S2/c1-5-6-15-27(4)32(29,30)21-13-11-20(12-14-21)23(28)26-24-25-22(16-31-24)19-9-7-18(8-10-19)17(2)3/h7-14,16-17H,5-6,15H2,1-4H3,(H,25,26,28). The first-order valence-electron chi connectivity index (χ1n) is 10.7. The van der Waals surface area contributed by atoms with Gasteiger partial charge in [0.15, 0.2) is 5.13 Å². The Kier molecular flexibility index (Phi) is 7.82. The molecule has 1 aromatic heterocycles. The van der Waals surface area contributed by atoms with Crippen molar-refractivity contribution in [3.8, 4) is 11.3 Å². The summed E-state index contributed by atoms with van der Waals surface area (Å²) in [5.41, 5.74) is 3.43. The van der Waals surface area contributed by atoms with E-state index in [0.29, 0.717) is 23.2 Å². The monoisotopic (exact) mass is 471 g/mol. The average Bonchev–Trinajstić information content (AvgIpc) is 3.25. The number of nitrogens with zero attached hydrogens (tertiary/aromatic N) is 2. The van der Waals surface area contributed by atoms with E-state index in [9.17, 15) is 13.2 Å². The zero-order chi connectivity index (χ0) is 23.3. The molecule has 0 radical (unpaired) electrons. The van der Waals surface area contributed by atoms with Crippen LogP contribution in [-0.4, -0.2) is 37.2 Å². The summed E-state index contributed by atoms with van der Waals surface area (Å²) in [6.45, 7) is 6.78. The maximum atomic E-state index is 12.6. The van der Waals surface area contributed by atoms with Crippen LogP contribution in [0.2, 0.25) is 0 Å². The third kappa shape index (κ3) is 5.62. The minimum atomic E-state index is -3.56. The largest absolute Gasteiger partial charge is 0.298 e. The maximum absolute atomic E-state index is 12.6. The lowest BCUT2D eigenvalue weighted by atomic mass is 10.0. The summed E-state index contributed by atoms with van der Waals surface area (Å²) in [5, 5.41) is 5.19. The SMILES string of the molecule is CCCCN(C)S(=O)(=O)c1ccc(C(=O)Nc2nc(-c3ccc(C(C)C)cc3)cs2)cc1. The van der Waals surface area contributed by atoms with E-state index < -0.39 is 10.0 Å². The lowest BCUT2D eigenvalue weighted by Crippen LogP contribution is -2.28. The Morgan fingerprint density at radius 3 is 2.34 bits per heavy atom. The summed E-state index contributed by atoms with van der Waals surface area (Å²) in [6.07, 6.45) is 1.72. The number of rotatable bonds is 9. The molecule has 0 aliphatic carbocycles. The number of amides is 1. The minimum absolute atomic E-state index is 0.175. The van der Waals surface area contributed by atoms with Gasteiger partial charge in [0.25, 0.3) is 5.91 Å². The number of unbranched alkanes of at least 4 members (excludes halogenated alkanes) is 1. The number of hydrogen-bond acceptors (Lipinski definition) is 5. The van der Waals surface area contributed by atoms with Crippen LogP contribution in [-0.2, 0) is 10.0 Å². The molecule has 0 saturated carbocycles. The number of thiazole rings is 1. The first-order valence-corrected chi connectivity index (χ1v) is 13.0. The fraction of sp³-hybridized carbons (Fsp3) is 0.333. The number of aromatic nitrogens is 1. The maximum Gasteiger partial charge on any atom is 0.257 e. The average molecular weight is 472 g/mol. The number of sulfonamides is 1. The minimum Gasteiger partial charge on any atom is -0.298 e. The van der Waals surface area contributed by atoms with Crippen LogP contribution in [0.1, 0.15) is 55.5 Å². The molecule has 0 bridgehead atoms. The van der Waals surface area contributed by atoms with Crippen LogP contribution in [0.4, 0.5) is 5.13 Å². The topological polar surface area (TPSA) is 79.4 Å². The Hall–Kier alpha value is -2.55. The van der Waals surface area contributed by atoms with Crippen molar-refractivity contribution in [2.75, 3.05) is 18.9 Å². The van der Waals surface area contributed by atoms with Crippen molar-refractivity contribution in [3.05, 3.63) is 65.0 Å². The normalized spacial score (nSPS) is 11.8. The number of hydrogen-bond donors (Lipinski definition) is 1. The van der Waals surface area contributed by atoms with Gasteiger partial charge in [0.05, 0.1) is 10.6 Å². The molecule has 6 nitrogen and oxygen atoms in total. The van der Waals surface area contributed by atoms with E-state index in [1.165, 1.54) is 45.5 Å². The molecule has 0 fully saturated rings. The second kappa shape index (κ2) is 10.4. The molecule has 0 unspecified atom stereocenters. The number of carbonyl (C=O) groups excluding carboxylic acids is 1. The van der Waals surface area contributed by atoms with Crippen molar-refractivity contribution in [1.82, 2.24) is 9.29 Å². The molecule has 2 aromatic carbocycles. The van der Waals surface area contributed by atoms with Gasteiger partial charge in [-0.3, -0.25) is 10.1 Å². The van der Waals surface area contributed by atoms with Crippen LogP contribution < -0.4 is 5.32 Å². The van der Waals surface area contributed by atoms with Crippen LogP contribution in [0.5, 0.6) is 0 Å². The fourth-order valence-corrected chi connectivity index (χ4v) is 5.06. The molecular formula is C24H29N3O3S2. The molecule has 0 spiro atoms. The van der Waals surface area contributed by atoms with E-state index in [-0.39, 0.29) is 10.8 Å². The second-order valence-electron chi connectivity index (χ2n) is 7.97. The lowest BCUT2D eigenvalue weighted by Gasteiger charge is -2.16. The Morgan fingerprint density at radius 1 is 1.09 bits per heavy atom. The van der Waals surface area contributed by atoms with Crippen LogP contribution in [0, 0.1) is 0 Å². The molecule has 1 N–H and O–H groups in total. The van der Waals surface area contributed by atoms with Gasteiger partial charge in [-0.05, 0) is 42.2 Å². The van der Waals surface area contributed by atoms with Crippen LogP contribution in [0.15, 0.2) is 58.8 Å². The summed E-state index contributed by atoms with van der Waals surface area (Å²) in [6, 6.07) is 14.2. The first-order chi connectivity index (χ1) is 15.2. The third-order valence-corrected chi connectivity index (χ3v) is 7.88. The van der Waals surface area contributed by atoms with E-state index in [0.717, 1.165) is 24.1 Å². The summed E-state index contributed by atoms with van der Waals surface area (Å²) in [5.74, 6) is 0.136. The smallest absolute Gasteiger partial charge is 0.257 e. The summed E-state index contributed by atoms with van der Waals surface area (Å²) >= 11 is 1.35. The predicted molar refractivity (Wildman–Crippen MR) is 131 cm³/mol. The van der Waals surface area contributed by atoms with Crippen molar-refractivity contribution in [3.63, 3.8) is 0 Å². The third-order valence-electron chi connectivity index (χ3n) is 5.25. The number of carbonyl (C=O) groups is 1. The van der Waals surface area contributed by atoms with E-state index in [4.69, 9.17) is 0 Å². The van der Waals surface area contributed by atoms with Gasteiger partial charge in [0, 0.05) is 30.1 Å². The van der Waals surface area contributed by atoms with Crippen molar-refractivity contribution in [2.24, 2.45) is 0 Å². The van der Waals surface area contributed by atoms with E-state index in [2.05, 4.69) is 36.3 Å². The number of anilines is 1. The van der Waals surface area contributed by atoms with Crippen LogP contribution >= 0.6 is 11.3 Å². The summed E-state index contributed by atoms with van der Waals surface area (Å²) in [7, 11) is -1.99. The van der Waals surface area contributed by atoms with Gasteiger partial charge in [0.2, 0.25) is 10.0 Å². The van der Waals surface area contributed by atoms with Gasteiger partial charge < -0.3 is 0 Å². The number of nitrogens with one attached hydrogen (secondary N) is 1. The highest BCUT2D eigenvalue weighted by Crippen LogP contribution is 2.27. The molecule has 170 valence electrons. The highest BCUT2D eigenvalue weighted by molar-refractivity contribution is 7.89. The zero-order valence-electron chi connectivity index (χ0n) is 18.8. The first kappa shape index (κ1) is 24.1. The zero-order valence-corrected chi connectivity index (χ0v) is 20.5. The molecule has 0 atom stereocenters. The molecular weight excluding hydrogens is 442 g/mol. The van der Waals surface area contributed by atoms with Crippen molar-refractivity contribution >= 4 is 32.4 Å². The van der Waals surface area contributed by atoms with Crippen molar-refractivity contribution < 1.29 is 13.2 Å². The molecule has 0 aliphatic rings. The van der Waals surface area contributed by atoms with E-state index in [1.807, 2.05) is 24.4 Å². The lowest BCUT2D eigenvalue weighted by molar-refractivity contribution is 0.102. The van der Waals surface area contributed by atoms with Gasteiger partial charge >= 0.3 is 0 Å². The Balaban J connectivity index is 1.68. The fourth-order valence-electron chi connectivity index (χ4n) is 3.13. The van der Waals surface area contributed by atoms with Gasteiger partial charge in [-0.1, -0.05) is 51.5 Å². The van der Waals surface area contributed by atoms with Crippen molar-refractivity contribution in [2.45, 2.75) is 44.4 Å². The molecule has 8 heteroatoms. The highest BCUT2D eigenvalue weighted by Gasteiger charge is 2.20. The molecule has 1 heterocycles. The molecule has 32 heavy (non-hydrogen) atoms. The van der Waals surface area contributed by atoms with Gasteiger partial charge in [0.1, 0.15) is 0 Å². The summed E-state index contributed by atoms with van der Waals surface area (Å²) in [4.78, 5) is 17.3. The van der Waals surface area contributed by atoms with Crippen LogP contribution in [0.3, 0.4) is 0 Å². The molecule has 1 amide bonds. The van der Waals surface area contributed by atoms with Crippen LogP contribution in [0.25, 0.3) is 11.3 Å². The molecule has 3 aromatic rings. The van der Waals surface area contributed by atoms with Gasteiger partial charge in [-0.2, -0.15) is 0 Å². The van der Waals surface area contributed by atoms with E-state index >= 15 is 0 Å². The Morgan fingerprint density at radius 2 is 1.75 bits per heavy atom. The molecule has 0 aliphatic heterocycles.